The Morgan fingerprint density at radius 1 is 1.21 bits per heavy atom. The zero-order valence-corrected chi connectivity index (χ0v) is 10.4. The van der Waals surface area contributed by atoms with Crippen LogP contribution in [0.4, 0.5) is 0 Å². The summed E-state index contributed by atoms with van der Waals surface area (Å²) in [6, 6.07) is 12.7. The van der Waals surface area contributed by atoms with Crippen LogP contribution in [0.15, 0.2) is 48.7 Å². The molecule has 0 aliphatic carbocycles. The van der Waals surface area contributed by atoms with Crippen molar-refractivity contribution in [3.8, 4) is 5.75 Å². The average molecular weight is 252 g/mol. The van der Waals surface area contributed by atoms with Crippen molar-refractivity contribution in [2.75, 3.05) is 7.11 Å². The van der Waals surface area contributed by atoms with E-state index in [2.05, 4.69) is 9.97 Å². The minimum atomic E-state index is -0.115. The summed E-state index contributed by atoms with van der Waals surface area (Å²) in [6.07, 6.45) is 1.61. The molecule has 1 N–H and O–H groups in total. The minimum absolute atomic E-state index is 0.115. The highest BCUT2D eigenvalue weighted by Crippen LogP contribution is 2.22. The molecule has 0 aliphatic heterocycles. The number of hydrogen-bond donors (Lipinski definition) is 1. The molecule has 4 heteroatoms. The van der Waals surface area contributed by atoms with Gasteiger partial charge < -0.3 is 9.72 Å². The Hall–Kier alpha value is -2.62. The van der Waals surface area contributed by atoms with Crippen molar-refractivity contribution in [3.05, 3.63) is 60.0 Å². The Morgan fingerprint density at radius 2 is 2.11 bits per heavy atom. The van der Waals surface area contributed by atoms with Crippen molar-refractivity contribution in [2.45, 2.75) is 0 Å². The van der Waals surface area contributed by atoms with E-state index < -0.39 is 0 Å². The molecule has 0 spiro atoms. The smallest absolute Gasteiger partial charge is 0.227 e. The molecule has 0 saturated carbocycles. The van der Waals surface area contributed by atoms with Crippen LogP contribution in [0.2, 0.25) is 0 Å². The number of carbonyl (C=O) groups is 1. The Balaban J connectivity index is 2.04. The van der Waals surface area contributed by atoms with Gasteiger partial charge in [-0.05, 0) is 36.4 Å². The van der Waals surface area contributed by atoms with Gasteiger partial charge >= 0.3 is 0 Å². The van der Waals surface area contributed by atoms with Crippen LogP contribution in [-0.4, -0.2) is 22.9 Å². The van der Waals surface area contributed by atoms with E-state index in [1.54, 1.807) is 31.5 Å². The van der Waals surface area contributed by atoms with Crippen LogP contribution in [0.1, 0.15) is 16.2 Å². The van der Waals surface area contributed by atoms with E-state index in [0.29, 0.717) is 11.4 Å². The van der Waals surface area contributed by atoms with Gasteiger partial charge in [-0.2, -0.15) is 0 Å². The summed E-state index contributed by atoms with van der Waals surface area (Å²) in [5, 5.41) is 0.943. The zero-order valence-electron chi connectivity index (χ0n) is 10.4. The Morgan fingerprint density at radius 3 is 2.84 bits per heavy atom. The molecule has 0 saturated heterocycles. The fourth-order valence-electron chi connectivity index (χ4n) is 2.00. The molecular weight excluding hydrogens is 240 g/mol. The normalized spacial score (nSPS) is 10.6. The molecule has 1 aromatic carbocycles. The number of rotatable bonds is 3. The van der Waals surface area contributed by atoms with Gasteiger partial charge in [-0.3, -0.25) is 9.78 Å². The summed E-state index contributed by atoms with van der Waals surface area (Å²) in [5.74, 6) is 0.652. The number of carbonyl (C=O) groups excluding carboxylic acids is 1. The van der Waals surface area contributed by atoms with Gasteiger partial charge in [0.15, 0.2) is 0 Å². The number of ketones is 1. The maximum absolute atomic E-state index is 12.2. The second-order valence-electron chi connectivity index (χ2n) is 4.18. The minimum Gasteiger partial charge on any atom is -0.497 e. The number of benzene rings is 1. The lowest BCUT2D eigenvalue weighted by Gasteiger charge is -1.97. The van der Waals surface area contributed by atoms with Crippen molar-refractivity contribution in [2.24, 2.45) is 0 Å². The molecule has 3 rings (SSSR count). The molecule has 0 unspecified atom stereocenters. The lowest BCUT2D eigenvalue weighted by molar-refractivity contribution is 0.103. The third-order valence-electron chi connectivity index (χ3n) is 2.97. The highest BCUT2D eigenvalue weighted by Gasteiger charge is 2.13. The predicted molar refractivity (Wildman–Crippen MR) is 72.5 cm³/mol. The van der Waals surface area contributed by atoms with E-state index in [-0.39, 0.29) is 5.78 Å². The van der Waals surface area contributed by atoms with Crippen LogP contribution >= 0.6 is 0 Å². The molecule has 2 aromatic heterocycles. The van der Waals surface area contributed by atoms with E-state index in [0.717, 1.165) is 16.7 Å². The van der Waals surface area contributed by atoms with Crippen LogP contribution in [0, 0.1) is 0 Å². The molecule has 2 heterocycles. The van der Waals surface area contributed by atoms with Crippen LogP contribution < -0.4 is 4.74 Å². The molecule has 0 atom stereocenters. The first kappa shape index (κ1) is 11.5. The van der Waals surface area contributed by atoms with Crippen molar-refractivity contribution < 1.29 is 9.53 Å². The summed E-state index contributed by atoms with van der Waals surface area (Å²) in [7, 11) is 1.62. The maximum Gasteiger partial charge on any atom is 0.227 e. The number of ether oxygens (including phenoxy) is 1. The quantitative estimate of drug-likeness (QED) is 0.729. The number of aromatic amines is 1. The topological polar surface area (TPSA) is 55.0 Å². The zero-order chi connectivity index (χ0) is 13.2. The van der Waals surface area contributed by atoms with Gasteiger partial charge in [0.2, 0.25) is 5.78 Å². The second-order valence-corrected chi connectivity index (χ2v) is 4.18. The third-order valence-corrected chi connectivity index (χ3v) is 2.97. The SMILES string of the molecule is COc1ccc2[nH]c(C(=O)c3ccccn3)cc2c1. The number of H-pyrrole nitrogens is 1. The molecule has 0 radical (unpaired) electrons. The largest absolute Gasteiger partial charge is 0.497 e. The maximum atomic E-state index is 12.2. The molecule has 0 fully saturated rings. The number of hydrogen-bond acceptors (Lipinski definition) is 3. The lowest BCUT2D eigenvalue weighted by atomic mass is 10.2. The highest BCUT2D eigenvalue weighted by atomic mass is 16.5. The van der Waals surface area contributed by atoms with Crippen LogP contribution in [0.3, 0.4) is 0 Å². The summed E-state index contributed by atoms with van der Waals surface area (Å²) in [4.78, 5) is 19.4. The van der Waals surface area contributed by atoms with Crippen LogP contribution in [0.5, 0.6) is 5.75 Å². The number of methoxy groups -OCH3 is 1. The Bertz CT molecular complexity index is 732. The number of fused-ring (bicyclic) bond motifs is 1. The summed E-state index contributed by atoms with van der Waals surface area (Å²) in [5.41, 5.74) is 1.86. The van der Waals surface area contributed by atoms with Gasteiger partial charge in [-0.15, -0.1) is 0 Å². The molecule has 0 bridgehead atoms. The molecule has 0 amide bonds. The monoisotopic (exact) mass is 252 g/mol. The van der Waals surface area contributed by atoms with Gasteiger partial charge in [0.05, 0.1) is 12.8 Å². The second kappa shape index (κ2) is 4.57. The van der Waals surface area contributed by atoms with Crippen molar-refractivity contribution in [1.82, 2.24) is 9.97 Å². The fourth-order valence-corrected chi connectivity index (χ4v) is 2.00. The van der Waals surface area contributed by atoms with Gasteiger partial charge in [-0.1, -0.05) is 6.07 Å². The molecule has 4 nitrogen and oxygen atoms in total. The van der Waals surface area contributed by atoms with E-state index in [4.69, 9.17) is 4.74 Å². The Kier molecular flexibility index (Phi) is 2.76. The van der Waals surface area contributed by atoms with Gasteiger partial charge in [0.1, 0.15) is 11.4 Å². The predicted octanol–water partition coefficient (Wildman–Crippen LogP) is 2.80. The highest BCUT2D eigenvalue weighted by molar-refractivity contribution is 6.09. The van der Waals surface area contributed by atoms with Gasteiger partial charge in [0, 0.05) is 17.1 Å². The molecule has 19 heavy (non-hydrogen) atoms. The summed E-state index contributed by atoms with van der Waals surface area (Å²) in [6.45, 7) is 0. The number of aromatic nitrogens is 2. The lowest BCUT2D eigenvalue weighted by Crippen LogP contribution is -2.03. The number of nitrogens with zero attached hydrogens (tertiary/aromatic N) is 1. The first-order valence-electron chi connectivity index (χ1n) is 5.90. The standard InChI is InChI=1S/C15H12N2O2/c1-19-11-5-6-12-10(8-11)9-14(17-12)15(18)13-4-2-3-7-16-13/h2-9,17H,1H3. The molecule has 0 aliphatic rings. The molecule has 94 valence electrons. The Labute approximate surface area is 110 Å². The van der Waals surface area contributed by atoms with Gasteiger partial charge in [-0.25, -0.2) is 0 Å². The van der Waals surface area contributed by atoms with Crippen LogP contribution in [0.25, 0.3) is 10.9 Å². The van der Waals surface area contributed by atoms with E-state index in [9.17, 15) is 4.79 Å². The molecular formula is C15H12N2O2. The van der Waals surface area contributed by atoms with Crippen molar-refractivity contribution in [3.63, 3.8) is 0 Å². The average Bonchev–Trinajstić information content (AvgIpc) is 2.90. The number of nitrogens with one attached hydrogen (secondary N) is 1. The summed E-state index contributed by atoms with van der Waals surface area (Å²) >= 11 is 0. The first-order valence-corrected chi connectivity index (χ1v) is 5.90. The van der Waals surface area contributed by atoms with Crippen molar-refractivity contribution >= 4 is 16.7 Å². The first-order chi connectivity index (χ1) is 9.28. The molecule has 3 aromatic rings. The van der Waals surface area contributed by atoms with Crippen molar-refractivity contribution in [1.29, 1.82) is 0 Å². The fraction of sp³-hybridized carbons (Fsp3) is 0.0667. The third kappa shape index (κ3) is 2.08. The van der Waals surface area contributed by atoms with E-state index >= 15 is 0 Å². The van der Waals surface area contributed by atoms with E-state index in [1.807, 2.05) is 24.3 Å². The van der Waals surface area contributed by atoms with Crippen LogP contribution in [-0.2, 0) is 0 Å². The summed E-state index contributed by atoms with van der Waals surface area (Å²) < 4.78 is 5.17. The number of pyridine rings is 1. The van der Waals surface area contributed by atoms with Gasteiger partial charge in [0.25, 0.3) is 0 Å². The van der Waals surface area contributed by atoms with E-state index in [1.165, 1.54) is 0 Å².